The zero-order chi connectivity index (χ0) is 12.3. The molecule has 1 aromatic rings. The molecule has 0 spiro atoms. The van der Waals surface area contributed by atoms with E-state index >= 15 is 0 Å². The van der Waals surface area contributed by atoms with Gasteiger partial charge in [-0.1, -0.05) is 18.6 Å². The number of nitrogens with zero attached hydrogens (tertiary/aromatic N) is 1. The van der Waals surface area contributed by atoms with Crippen LogP contribution in [0.2, 0.25) is 0 Å². The molecule has 2 rings (SSSR count). The summed E-state index contributed by atoms with van der Waals surface area (Å²) in [6.07, 6.45) is 3.88. The summed E-state index contributed by atoms with van der Waals surface area (Å²) >= 11 is 0. The zero-order valence-corrected chi connectivity index (χ0v) is 11.4. The first-order chi connectivity index (χ1) is 8.16. The largest absolute Gasteiger partial charge is 0.478 e. The molecule has 0 aromatic heterocycles. The van der Waals surface area contributed by atoms with Gasteiger partial charge in [-0.2, -0.15) is 0 Å². The highest BCUT2D eigenvalue weighted by molar-refractivity contribution is 5.87. The number of carbonyl (C=O) groups is 1. The Morgan fingerprint density at radius 2 is 2.00 bits per heavy atom. The van der Waals surface area contributed by atoms with Gasteiger partial charge in [0.2, 0.25) is 0 Å². The van der Waals surface area contributed by atoms with Gasteiger partial charge in [-0.3, -0.25) is 4.90 Å². The highest BCUT2D eigenvalue weighted by Crippen LogP contribution is 2.19. The molecule has 0 radical (unpaired) electrons. The van der Waals surface area contributed by atoms with Crippen LogP contribution in [0.1, 0.15) is 42.1 Å². The number of hydrogen-bond acceptors (Lipinski definition) is 2. The van der Waals surface area contributed by atoms with Crippen LogP contribution in [-0.2, 0) is 6.54 Å². The maximum atomic E-state index is 10.7. The van der Waals surface area contributed by atoms with Crippen LogP contribution >= 0.6 is 12.4 Å². The fraction of sp³-hybridized carbons (Fsp3) is 0.500. The molecule has 1 fully saturated rings. The lowest BCUT2D eigenvalue weighted by Crippen LogP contribution is -2.36. The van der Waals surface area contributed by atoms with Gasteiger partial charge in [-0.05, 0) is 44.0 Å². The summed E-state index contributed by atoms with van der Waals surface area (Å²) < 4.78 is 0. The molecule has 1 N–H and O–H groups in total. The average Bonchev–Trinajstić information content (AvgIpc) is 2.33. The number of benzene rings is 1. The second-order valence-electron chi connectivity index (χ2n) is 4.82. The Kier molecular flexibility index (Phi) is 5.63. The minimum atomic E-state index is -0.858. The van der Waals surface area contributed by atoms with E-state index in [1.54, 1.807) is 12.1 Å². The molecule has 0 bridgehead atoms. The molecular formula is C14H20ClNO2. The van der Waals surface area contributed by atoms with Crippen molar-refractivity contribution in [3.05, 3.63) is 35.4 Å². The first-order valence-electron chi connectivity index (χ1n) is 6.23. The molecule has 1 heterocycles. The molecule has 1 aliphatic rings. The Morgan fingerprint density at radius 3 is 2.56 bits per heavy atom. The van der Waals surface area contributed by atoms with Gasteiger partial charge in [-0.25, -0.2) is 4.79 Å². The number of piperidine rings is 1. The van der Waals surface area contributed by atoms with Gasteiger partial charge in [0, 0.05) is 12.6 Å². The van der Waals surface area contributed by atoms with Crippen LogP contribution < -0.4 is 0 Å². The van der Waals surface area contributed by atoms with Gasteiger partial charge >= 0.3 is 5.97 Å². The number of hydrogen-bond donors (Lipinski definition) is 1. The third kappa shape index (κ3) is 3.72. The smallest absolute Gasteiger partial charge is 0.335 e. The summed E-state index contributed by atoms with van der Waals surface area (Å²) in [5.74, 6) is -0.858. The standard InChI is InChI=1S/C14H19NO2.ClH/c1-11-4-2-3-9-15(11)10-12-5-7-13(8-6-12)14(16)17;/h5-8,11H,2-4,9-10H2,1H3,(H,16,17);1H. The van der Waals surface area contributed by atoms with Crippen molar-refractivity contribution < 1.29 is 9.90 Å². The van der Waals surface area contributed by atoms with Crippen LogP contribution in [0.15, 0.2) is 24.3 Å². The summed E-state index contributed by atoms with van der Waals surface area (Å²) in [4.78, 5) is 13.2. The van der Waals surface area contributed by atoms with Crippen LogP contribution in [0, 0.1) is 0 Å². The molecule has 1 aromatic carbocycles. The topological polar surface area (TPSA) is 40.5 Å². The Hall–Kier alpha value is -1.06. The third-order valence-electron chi connectivity index (χ3n) is 3.53. The normalized spacial score (nSPS) is 20.2. The summed E-state index contributed by atoms with van der Waals surface area (Å²) in [6, 6.07) is 7.86. The van der Waals surface area contributed by atoms with Crippen LogP contribution in [-0.4, -0.2) is 28.6 Å². The molecule has 18 heavy (non-hydrogen) atoms. The molecule has 100 valence electrons. The summed E-state index contributed by atoms with van der Waals surface area (Å²) in [6.45, 7) is 4.35. The highest BCUT2D eigenvalue weighted by Gasteiger charge is 2.17. The fourth-order valence-electron chi connectivity index (χ4n) is 2.38. The Balaban J connectivity index is 0.00000162. The Morgan fingerprint density at radius 1 is 1.33 bits per heavy atom. The van der Waals surface area contributed by atoms with Crippen LogP contribution in [0.3, 0.4) is 0 Å². The van der Waals surface area contributed by atoms with Crippen molar-refractivity contribution in [1.29, 1.82) is 0 Å². The number of rotatable bonds is 3. The zero-order valence-electron chi connectivity index (χ0n) is 10.6. The first-order valence-corrected chi connectivity index (χ1v) is 6.23. The van der Waals surface area contributed by atoms with Crippen molar-refractivity contribution in [2.24, 2.45) is 0 Å². The minimum Gasteiger partial charge on any atom is -0.478 e. The van der Waals surface area contributed by atoms with Gasteiger partial charge in [0.1, 0.15) is 0 Å². The summed E-state index contributed by atoms with van der Waals surface area (Å²) in [7, 11) is 0. The van der Waals surface area contributed by atoms with E-state index in [9.17, 15) is 4.79 Å². The van der Waals surface area contributed by atoms with Crippen molar-refractivity contribution in [1.82, 2.24) is 4.90 Å². The molecule has 1 unspecified atom stereocenters. The average molecular weight is 270 g/mol. The maximum absolute atomic E-state index is 10.7. The van der Waals surface area contributed by atoms with Crippen molar-refractivity contribution in [3.63, 3.8) is 0 Å². The van der Waals surface area contributed by atoms with E-state index in [1.165, 1.54) is 24.8 Å². The van der Waals surface area contributed by atoms with Crippen LogP contribution in [0.5, 0.6) is 0 Å². The van der Waals surface area contributed by atoms with Gasteiger partial charge in [0.25, 0.3) is 0 Å². The van der Waals surface area contributed by atoms with E-state index in [1.807, 2.05) is 12.1 Å². The number of likely N-dealkylation sites (tertiary alicyclic amines) is 1. The predicted octanol–water partition coefficient (Wildman–Crippen LogP) is 3.18. The van der Waals surface area contributed by atoms with Crippen molar-refractivity contribution in [3.8, 4) is 0 Å². The highest BCUT2D eigenvalue weighted by atomic mass is 35.5. The Bertz CT molecular complexity index is 391. The SMILES string of the molecule is CC1CCCCN1Cc1ccc(C(=O)O)cc1.Cl. The monoisotopic (exact) mass is 269 g/mol. The fourth-order valence-corrected chi connectivity index (χ4v) is 2.38. The minimum absolute atomic E-state index is 0. The molecule has 1 saturated heterocycles. The van der Waals surface area contributed by atoms with E-state index in [0.29, 0.717) is 11.6 Å². The third-order valence-corrected chi connectivity index (χ3v) is 3.53. The summed E-state index contributed by atoms with van der Waals surface area (Å²) in [5.41, 5.74) is 1.56. The van der Waals surface area contributed by atoms with Gasteiger partial charge < -0.3 is 5.11 Å². The molecule has 1 atom stereocenters. The van der Waals surface area contributed by atoms with Crippen molar-refractivity contribution >= 4 is 18.4 Å². The van der Waals surface area contributed by atoms with Crippen molar-refractivity contribution in [2.45, 2.75) is 38.8 Å². The number of carboxylic acids is 1. The number of aromatic carboxylic acids is 1. The van der Waals surface area contributed by atoms with Crippen LogP contribution in [0.25, 0.3) is 0 Å². The molecule has 1 aliphatic heterocycles. The molecule has 0 amide bonds. The van der Waals surface area contributed by atoms with Gasteiger partial charge in [0.05, 0.1) is 5.56 Å². The lowest BCUT2D eigenvalue weighted by atomic mass is 10.0. The quantitative estimate of drug-likeness (QED) is 0.916. The number of halogens is 1. The van der Waals surface area contributed by atoms with Gasteiger partial charge in [0.15, 0.2) is 0 Å². The lowest BCUT2D eigenvalue weighted by Gasteiger charge is -2.33. The van der Waals surface area contributed by atoms with Crippen molar-refractivity contribution in [2.75, 3.05) is 6.54 Å². The van der Waals surface area contributed by atoms with Gasteiger partial charge in [-0.15, -0.1) is 12.4 Å². The van der Waals surface area contributed by atoms with Crippen LogP contribution in [0.4, 0.5) is 0 Å². The Labute approximate surface area is 114 Å². The molecule has 0 aliphatic carbocycles. The van der Waals surface area contributed by atoms with E-state index in [0.717, 1.165) is 13.1 Å². The molecular weight excluding hydrogens is 250 g/mol. The second kappa shape index (κ2) is 6.76. The van der Waals surface area contributed by atoms with E-state index in [-0.39, 0.29) is 12.4 Å². The molecule has 0 saturated carbocycles. The van der Waals surface area contributed by atoms with E-state index in [2.05, 4.69) is 11.8 Å². The number of carboxylic acid groups (broad SMARTS) is 1. The molecule has 4 heteroatoms. The predicted molar refractivity (Wildman–Crippen MR) is 74.4 cm³/mol. The lowest BCUT2D eigenvalue weighted by molar-refractivity contribution is 0.0697. The summed E-state index contributed by atoms with van der Waals surface area (Å²) in [5, 5.41) is 8.83. The molecule has 3 nitrogen and oxygen atoms in total. The first kappa shape index (κ1) is 15.0. The van der Waals surface area contributed by atoms with E-state index in [4.69, 9.17) is 5.11 Å². The van der Waals surface area contributed by atoms with E-state index < -0.39 is 5.97 Å². The second-order valence-corrected chi connectivity index (χ2v) is 4.82. The maximum Gasteiger partial charge on any atom is 0.335 e.